The first-order valence-electron chi connectivity index (χ1n) is 7.35. The van der Waals surface area contributed by atoms with Crippen LogP contribution in [0.2, 0.25) is 0 Å². The van der Waals surface area contributed by atoms with E-state index >= 15 is 0 Å². The van der Waals surface area contributed by atoms with Crippen LogP contribution in [0.15, 0.2) is 11.4 Å². The Hall–Kier alpha value is -0.520. The first-order chi connectivity index (χ1) is 9.77. The number of carbonyl (C=O) groups excluding carboxylic acids is 1. The summed E-state index contributed by atoms with van der Waals surface area (Å²) in [6.07, 6.45) is 4.39. The Labute approximate surface area is 129 Å². The van der Waals surface area contributed by atoms with Gasteiger partial charge in [0.25, 0.3) is 0 Å². The van der Waals surface area contributed by atoms with Gasteiger partial charge in [-0.05, 0) is 35.6 Å². The Kier molecular flexibility index (Phi) is 6.39. The van der Waals surface area contributed by atoms with E-state index in [9.17, 15) is 9.90 Å². The minimum Gasteiger partial charge on any atom is -0.395 e. The Morgan fingerprint density at radius 2 is 2.30 bits per heavy atom. The number of hydrogen-bond acceptors (Lipinski definition) is 4. The predicted molar refractivity (Wildman–Crippen MR) is 86.4 cm³/mol. The van der Waals surface area contributed by atoms with Crippen molar-refractivity contribution < 1.29 is 9.90 Å². The lowest BCUT2D eigenvalue weighted by Gasteiger charge is -2.29. The van der Waals surface area contributed by atoms with Crippen molar-refractivity contribution in [1.29, 1.82) is 0 Å². The van der Waals surface area contributed by atoms with E-state index in [0.29, 0.717) is 6.54 Å². The van der Waals surface area contributed by atoms with E-state index < -0.39 is 0 Å². The third kappa shape index (κ3) is 3.77. The predicted octanol–water partition coefficient (Wildman–Crippen LogP) is 3.09. The highest BCUT2D eigenvalue weighted by Gasteiger charge is 2.30. The van der Waals surface area contributed by atoms with E-state index in [4.69, 9.17) is 0 Å². The summed E-state index contributed by atoms with van der Waals surface area (Å²) < 4.78 is 0. The molecule has 1 aromatic heterocycles. The van der Waals surface area contributed by atoms with Gasteiger partial charge in [0.1, 0.15) is 5.25 Å². The molecule has 3 nitrogen and oxygen atoms in total. The van der Waals surface area contributed by atoms with Crippen LogP contribution >= 0.6 is 23.1 Å². The van der Waals surface area contributed by atoms with Gasteiger partial charge in [-0.3, -0.25) is 4.79 Å². The van der Waals surface area contributed by atoms with E-state index in [2.05, 4.69) is 18.4 Å². The molecule has 0 radical (unpaired) electrons. The van der Waals surface area contributed by atoms with Gasteiger partial charge in [0, 0.05) is 18.0 Å². The quantitative estimate of drug-likeness (QED) is 0.786. The van der Waals surface area contributed by atoms with Gasteiger partial charge in [0.15, 0.2) is 0 Å². The highest BCUT2D eigenvalue weighted by atomic mass is 32.2. The highest BCUT2D eigenvalue weighted by Crippen LogP contribution is 2.40. The molecule has 5 heteroatoms. The van der Waals surface area contributed by atoms with E-state index in [1.165, 1.54) is 10.4 Å². The van der Waals surface area contributed by atoms with Crippen LogP contribution in [0.5, 0.6) is 0 Å². The molecular weight excluding hydrogens is 290 g/mol. The van der Waals surface area contributed by atoms with Crippen molar-refractivity contribution in [3.8, 4) is 0 Å². The SMILES string of the molecule is CCCCCN(CCO)C(=O)C1SCCc2sccc21. The first-order valence-corrected chi connectivity index (χ1v) is 9.28. The molecule has 1 N–H and O–H groups in total. The van der Waals surface area contributed by atoms with Crippen LogP contribution in [0.4, 0.5) is 0 Å². The maximum absolute atomic E-state index is 12.7. The van der Waals surface area contributed by atoms with Crippen LogP contribution in [0.3, 0.4) is 0 Å². The van der Waals surface area contributed by atoms with Crippen LogP contribution in [-0.4, -0.2) is 41.4 Å². The number of aliphatic hydroxyl groups is 1. The number of unbranched alkanes of at least 4 members (excludes halogenated alkanes) is 2. The molecule has 0 saturated heterocycles. The molecule has 2 heterocycles. The highest BCUT2D eigenvalue weighted by molar-refractivity contribution is 8.00. The summed E-state index contributed by atoms with van der Waals surface area (Å²) in [5.41, 5.74) is 1.20. The summed E-state index contributed by atoms with van der Waals surface area (Å²) in [5.74, 6) is 1.20. The number of nitrogens with zero attached hydrogens (tertiary/aromatic N) is 1. The summed E-state index contributed by atoms with van der Waals surface area (Å²) in [5, 5.41) is 11.2. The number of aliphatic hydroxyl groups excluding tert-OH is 1. The molecule has 0 aromatic carbocycles. The van der Waals surface area contributed by atoms with Crippen LogP contribution in [0.25, 0.3) is 0 Å². The van der Waals surface area contributed by atoms with E-state index in [-0.39, 0.29) is 17.8 Å². The third-order valence-electron chi connectivity index (χ3n) is 3.61. The van der Waals surface area contributed by atoms with Gasteiger partial charge < -0.3 is 10.0 Å². The second-order valence-electron chi connectivity index (χ2n) is 5.06. The molecule has 0 bridgehead atoms. The number of rotatable bonds is 7. The number of thiophene rings is 1. The average molecular weight is 313 g/mol. The Morgan fingerprint density at radius 1 is 1.45 bits per heavy atom. The molecule has 1 aliphatic heterocycles. The molecule has 1 unspecified atom stereocenters. The fraction of sp³-hybridized carbons (Fsp3) is 0.667. The fourth-order valence-corrected chi connectivity index (χ4v) is 4.90. The molecule has 112 valence electrons. The summed E-state index contributed by atoms with van der Waals surface area (Å²) in [6.45, 7) is 3.43. The first kappa shape index (κ1) is 15.9. The summed E-state index contributed by atoms with van der Waals surface area (Å²) in [6, 6.07) is 2.10. The standard InChI is InChI=1S/C15H23NO2S2/c1-2-3-4-7-16(8-9-17)15(18)14-12-5-10-19-13(12)6-11-20-14/h5,10,14,17H,2-4,6-9,11H2,1H3. The lowest BCUT2D eigenvalue weighted by molar-refractivity contribution is -0.131. The Balaban J connectivity index is 2.04. The lowest BCUT2D eigenvalue weighted by Crippen LogP contribution is -2.38. The molecule has 20 heavy (non-hydrogen) atoms. The normalized spacial score (nSPS) is 17.8. The Morgan fingerprint density at radius 3 is 3.05 bits per heavy atom. The van der Waals surface area contributed by atoms with Gasteiger partial charge in [-0.2, -0.15) is 0 Å². The van der Waals surface area contributed by atoms with Crippen molar-refractivity contribution >= 4 is 29.0 Å². The number of amides is 1. The van der Waals surface area contributed by atoms with Gasteiger partial charge in [-0.25, -0.2) is 0 Å². The zero-order valence-electron chi connectivity index (χ0n) is 12.0. The number of fused-ring (bicyclic) bond motifs is 1. The van der Waals surface area contributed by atoms with Gasteiger partial charge in [0.2, 0.25) is 5.91 Å². The molecule has 1 atom stereocenters. The van der Waals surface area contributed by atoms with Crippen molar-refractivity contribution in [2.24, 2.45) is 0 Å². The molecular formula is C15H23NO2S2. The van der Waals surface area contributed by atoms with Gasteiger partial charge in [-0.15, -0.1) is 23.1 Å². The van der Waals surface area contributed by atoms with Crippen molar-refractivity contribution in [3.05, 3.63) is 21.9 Å². The topological polar surface area (TPSA) is 40.5 Å². The second-order valence-corrected chi connectivity index (χ2v) is 7.27. The maximum Gasteiger partial charge on any atom is 0.240 e. The summed E-state index contributed by atoms with van der Waals surface area (Å²) in [7, 11) is 0. The zero-order valence-corrected chi connectivity index (χ0v) is 13.6. The molecule has 0 spiro atoms. The van der Waals surface area contributed by atoms with Crippen LogP contribution < -0.4 is 0 Å². The molecule has 1 aromatic rings. The molecule has 0 aliphatic carbocycles. The van der Waals surface area contributed by atoms with Crippen LogP contribution in [-0.2, 0) is 11.2 Å². The monoisotopic (exact) mass is 313 g/mol. The largest absolute Gasteiger partial charge is 0.395 e. The second kappa shape index (κ2) is 8.05. The van der Waals surface area contributed by atoms with Gasteiger partial charge in [-0.1, -0.05) is 19.8 Å². The zero-order chi connectivity index (χ0) is 14.4. The average Bonchev–Trinajstić information content (AvgIpc) is 2.94. The lowest BCUT2D eigenvalue weighted by atomic mass is 10.1. The van der Waals surface area contributed by atoms with Crippen LogP contribution in [0, 0.1) is 0 Å². The molecule has 1 amide bonds. The van der Waals surface area contributed by atoms with Crippen molar-refractivity contribution in [2.75, 3.05) is 25.4 Å². The number of thioether (sulfide) groups is 1. The third-order valence-corrected chi connectivity index (χ3v) is 5.84. The fourth-order valence-electron chi connectivity index (χ4n) is 2.52. The summed E-state index contributed by atoms with van der Waals surface area (Å²) in [4.78, 5) is 15.9. The number of carbonyl (C=O) groups is 1. The minimum atomic E-state index is -0.0572. The van der Waals surface area contributed by atoms with Crippen molar-refractivity contribution in [2.45, 2.75) is 37.9 Å². The van der Waals surface area contributed by atoms with Crippen molar-refractivity contribution in [1.82, 2.24) is 4.90 Å². The summed E-state index contributed by atoms with van der Waals surface area (Å²) >= 11 is 3.51. The van der Waals surface area contributed by atoms with Crippen molar-refractivity contribution in [3.63, 3.8) is 0 Å². The molecule has 1 aliphatic rings. The number of hydrogen-bond donors (Lipinski definition) is 1. The molecule has 0 saturated carbocycles. The van der Waals surface area contributed by atoms with E-state index in [0.717, 1.165) is 38.0 Å². The van der Waals surface area contributed by atoms with Gasteiger partial charge in [0.05, 0.1) is 6.61 Å². The van der Waals surface area contributed by atoms with Gasteiger partial charge >= 0.3 is 0 Å². The molecule has 0 fully saturated rings. The number of aryl methyl sites for hydroxylation is 1. The van der Waals surface area contributed by atoms with E-state index in [1.54, 1.807) is 23.1 Å². The van der Waals surface area contributed by atoms with Crippen LogP contribution in [0.1, 0.15) is 41.9 Å². The molecule has 2 rings (SSSR count). The Bertz CT molecular complexity index is 433. The minimum absolute atomic E-state index is 0.0474. The smallest absolute Gasteiger partial charge is 0.240 e. The van der Waals surface area contributed by atoms with E-state index in [1.807, 2.05) is 4.90 Å². The maximum atomic E-state index is 12.7.